The van der Waals surface area contributed by atoms with Crippen LogP contribution < -0.4 is 5.73 Å². The molecule has 0 fully saturated rings. The van der Waals surface area contributed by atoms with Crippen LogP contribution in [0.15, 0.2) is 0 Å². The topological polar surface area (TPSA) is 91.0 Å². The van der Waals surface area contributed by atoms with E-state index in [9.17, 15) is 4.79 Å². The fourth-order valence-electron chi connectivity index (χ4n) is 1.21. The highest BCUT2D eigenvalue weighted by Crippen LogP contribution is 2.10. The SMILES string of the molecule is CO[C@@H]([C@H](CN)OC)[C@@H](OC)C(=O)O. The number of carboxylic acid groups (broad SMARTS) is 1. The Morgan fingerprint density at radius 1 is 1.29 bits per heavy atom. The average molecular weight is 207 g/mol. The number of methoxy groups -OCH3 is 3. The van der Waals surface area contributed by atoms with Gasteiger partial charge in [0.15, 0.2) is 6.10 Å². The Labute approximate surface area is 82.9 Å². The maximum absolute atomic E-state index is 10.8. The van der Waals surface area contributed by atoms with E-state index in [1.54, 1.807) is 0 Å². The molecule has 0 saturated carbocycles. The van der Waals surface area contributed by atoms with Crippen LogP contribution >= 0.6 is 0 Å². The first-order valence-corrected chi connectivity index (χ1v) is 4.13. The van der Waals surface area contributed by atoms with Gasteiger partial charge in [0.2, 0.25) is 0 Å². The zero-order valence-corrected chi connectivity index (χ0v) is 8.60. The van der Waals surface area contributed by atoms with Gasteiger partial charge in [-0.05, 0) is 0 Å². The molecule has 0 radical (unpaired) electrons. The van der Waals surface area contributed by atoms with Crippen molar-refractivity contribution in [3.8, 4) is 0 Å². The summed E-state index contributed by atoms with van der Waals surface area (Å²) >= 11 is 0. The van der Waals surface area contributed by atoms with Crippen LogP contribution in [0.5, 0.6) is 0 Å². The Bertz CT molecular complexity index is 171. The molecule has 0 aliphatic carbocycles. The molecule has 14 heavy (non-hydrogen) atoms. The Balaban J connectivity index is 4.56. The predicted molar refractivity (Wildman–Crippen MR) is 49.1 cm³/mol. The molecule has 3 atom stereocenters. The summed E-state index contributed by atoms with van der Waals surface area (Å²) in [6.45, 7) is 0.169. The van der Waals surface area contributed by atoms with Crippen LogP contribution in [-0.2, 0) is 19.0 Å². The maximum atomic E-state index is 10.8. The van der Waals surface area contributed by atoms with Gasteiger partial charge in [0.05, 0.1) is 6.10 Å². The van der Waals surface area contributed by atoms with Gasteiger partial charge in [0.1, 0.15) is 6.10 Å². The lowest BCUT2D eigenvalue weighted by Crippen LogP contribution is -2.48. The molecular weight excluding hydrogens is 190 g/mol. The van der Waals surface area contributed by atoms with E-state index in [1.807, 2.05) is 0 Å². The van der Waals surface area contributed by atoms with Gasteiger partial charge in [0.25, 0.3) is 0 Å². The van der Waals surface area contributed by atoms with Crippen LogP contribution in [-0.4, -0.2) is 57.3 Å². The minimum absolute atomic E-state index is 0.169. The molecule has 84 valence electrons. The quantitative estimate of drug-likeness (QED) is 0.560. The summed E-state index contributed by atoms with van der Waals surface area (Å²) in [5.41, 5.74) is 5.40. The lowest BCUT2D eigenvalue weighted by atomic mass is 10.1. The largest absolute Gasteiger partial charge is 0.479 e. The van der Waals surface area contributed by atoms with Gasteiger partial charge in [-0.15, -0.1) is 0 Å². The minimum Gasteiger partial charge on any atom is -0.479 e. The second-order valence-corrected chi connectivity index (χ2v) is 2.70. The summed E-state index contributed by atoms with van der Waals surface area (Å²) in [7, 11) is 4.13. The fraction of sp³-hybridized carbons (Fsp3) is 0.875. The van der Waals surface area contributed by atoms with Crippen LogP contribution in [0, 0.1) is 0 Å². The number of carbonyl (C=O) groups is 1. The normalized spacial score (nSPS) is 17.4. The van der Waals surface area contributed by atoms with Gasteiger partial charge in [-0.25, -0.2) is 4.79 Å². The van der Waals surface area contributed by atoms with Crippen LogP contribution in [0.3, 0.4) is 0 Å². The van der Waals surface area contributed by atoms with Crippen molar-refractivity contribution in [1.29, 1.82) is 0 Å². The third kappa shape index (κ3) is 3.22. The first kappa shape index (κ1) is 13.3. The van der Waals surface area contributed by atoms with E-state index in [-0.39, 0.29) is 6.54 Å². The van der Waals surface area contributed by atoms with E-state index >= 15 is 0 Å². The molecule has 0 aromatic rings. The zero-order chi connectivity index (χ0) is 11.1. The van der Waals surface area contributed by atoms with Crippen molar-refractivity contribution in [2.24, 2.45) is 5.73 Å². The Hall–Kier alpha value is -0.690. The summed E-state index contributed by atoms with van der Waals surface area (Å²) in [4.78, 5) is 10.8. The smallest absolute Gasteiger partial charge is 0.335 e. The number of rotatable bonds is 7. The molecule has 0 aliphatic rings. The summed E-state index contributed by atoms with van der Waals surface area (Å²) in [5, 5.41) is 8.81. The molecule has 0 aromatic heterocycles. The monoisotopic (exact) mass is 207 g/mol. The summed E-state index contributed by atoms with van der Waals surface area (Å²) in [6.07, 6.45) is -2.29. The van der Waals surface area contributed by atoms with Gasteiger partial charge >= 0.3 is 5.97 Å². The number of aliphatic carboxylic acids is 1. The van der Waals surface area contributed by atoms with Crippen molar-refractivity contribution in [2.45, 2.75) is 18.3 Å². The van der Waals surface area contributed by atoms with Crippen molar-refractivity contribution in [2.75, 3.05) is 27.9 Å². The van der Waals surface area contributed by atoms with Crippen LogP contribution in [0.2, 0.25) is 0 Å². The molecule has 0 bridgehead atoms. The first-order chi connectivity index (χ1) is 6.62. The number of nitrogens with two attached hydrogens (primary N) is 1. The summed E-state index contributed by atoms with van der Waals surface area (Å²) < 4.78 is 14.8. The van der Waals surface area contributed by atoms with Gasteiger partial charge in [-0.1, -0.05) is 0 Å². The highest BCUT2D eigenvalue weighted by Gasteiger charge is 2.34. The van der Waals surface area contributed by atoms with E-state index < -0.39 is 24.3 Å². The average Bonchev–Trinajstić information content (AvgIpc) is 2.17. The van der Waals surface area contributed by atoms with Crippen molar-refractivity contribution in [3.05, 3.63) is 0 Å². The highest BCUT2D eigenvalue weighted by atomic mass is 16.6. The summed E-state index contributed by atoms with van der Waals surface area (Å²) in [5.74, 6) is -1.10. The van der Waals surface area contributed by atoms with E-state index in [0.29, 0.717) is 0 Å². The molecule has 0 saturated heterocycles. The standard InChI is InChI=1S/C8H17NO5/c1-12-5(4-9)6(13-2)7(14-3)8(10)11/h5-7H,4,9H2,1-3H3,(H,10,11)/t5-,6-,7+/m0/s1. The van der Waals surface area contributed by atoms with Gasteiger partial charge < -0.3 is 25.1 Å². The van der Waals surface area contributed by atoms with Crippen molar-refractivity contribution in [1.82, 2.24) is 0 Å². The highest BCUT2D eigenvalue weighted by molar-refractivity contribution is 5.73. The lowest BCUT2D eigenvalue weighted by Gasteiger charge is -2.27. The predicted octanol–water partition coefficient (Wildman–Crippen LogP) is -0.925. The van der Waals surface area contributed by atoms with E-state index in [0.717, 1.165) is 0 Å². The molecule has 6 heteroatoms. The molecule has 0 rings (SSSR count). The zero-order valence-electron chi connectivity index (χ0n) is 8.60. The lowest BCUT2D eigenvalue weighted by molar-refractivity contribution is -0.165. The van der Waals surface area contributed by atoms with E-state index in [4.69, 9.17) is 25.1 Å². The molecule has 0 aliphatic heterocycles. The maximum Gasteiger partial charge on any atom is 0.335 e. The van der Waals surface area contributed by atoms with Crippen LogP contribution in [0.4, 0.5) is 0 Å². The Morgan fingerprint density at radius 2 is 1.86 bits per heavy atom. The molecular formula is C8H17NO5. The minimum atomic E-state index is -1.10. The van der Waals surface area contributed by atoms with Gasteiger partial charge in [-0.2, -0.15) is 0 Å². The third-order valence-electron chi connectivity index (χ3n) is 1.97. The van der Waals surface area contributed by atoms with Crippen LogP contribution in [0.25, 0.3) is 0 Å². The molecule has 0 amide bonds. The number of hydrogen-bond donors (Lipinski definition) is 2. The molecule has 0 heterocycles. The second-order valence-electron chi connectivity index (χ2n) is 2.70. The number of carboxylic acids is 1. The fourth-order valence-corrected chi connectivity index (χ4v) is 1.21. The third-order valence-corrected chi connectivity index (χ3v) is 1.97. The number of ether oxygens (including phenoxy) is 3. The van der Waals surface area contributed by atoms with Crippen LogP contribution in [0.1, 0.15) is 0 Å². The van der Waals surface area contributed by atoms with Crippen molar-refractivity contribution in [3.63, 3.8) is 0 Å². The van der Waals surface area contributed by atoms with E-state index in [2.05, 4.69) is 0 Å². The molecule has 0 spiro atoms. The molecule has 0 aromatic carbocycles. The Morgan fingerprint density at radius 3 is 2.07 bits per heavy atom. The second kappa shape index (κ2) is 6.72. The number of hydrogen-bond acceptors (Lipinski definition) is 5. The van der Waals surface area contributed by atoms with Gasteiger partial charge in [-0.3, -0.25) is 0 Å². The Kier molecular flexibility index (Phi) is 6.39. The van der Waals surface area contributed by atoms with E-state index in [1.165, 1.54) is 21.3 Å². The molecule has 0 unspecified atom stereocenters. The first-order valence-electron chi connectivity index (χ1n) is 4.13. The van der Waals surface area contributed by atoms with Crippen molar-refractivity contribution >= 4 is 5.97 Å². The van der Waals surface area contributed by atoms with Gasteiger partial charge in [0, 0.05) is 27.9 Å². The van der Waals surface area contributed by atoms with Crippen molar-refractivity contribution < 1.29 is 24.1 Å². The summed E-state index contributed by atoms with van der Waals surface area (Å²) in [6, 6.07) is 0. The molecule has 6 nitrogen and oxygen atoms in total. The molecule has 3 N–H and O–H groups in total.